The average molecular weight is 366 g/mol. The highest BCUT2D eigenvalue weighted by Crippen LogP contribution is 2.33. The average Bonchev–Trinajstić information content (AvgIpc) is 3.15. The Morgan fingerprint density at radius 2 is 1.85 bits per heavy atom. The van der Waals surface area contributed by atoms with E-state index in [1.54, 1.807) is 48.5 Å². The molecule has 1 aliphatic heterocycles. The third-order valence-corrected chi connectivity index (χ3v) is 4.23. The van der Waals surface area contributed by atoms with Crippen LogP contribution in [0.5, 0.6) is 11.5 Å². The van der Waals surface area contributed by atoms with Gasteiger partial charge in [0.1, 0.15) is 5.70 Å². The smallest absolute Gasteiger partial charge is 0.268 e. The Morgan fingerprint density at radius 1 is 1.11 bits per heavy atom. The van der Waals surface area contributed by atoms with E-state index in [0.717, 1.165) is 12.0 Å². The lowest BCUT2D eigenvalue weighted by atomic mass is 10.1. The van der Waals surface area contributed by atoms with Crippen molar-refractivity contribution in [3.63, 3.8) is 0 Å². The van der Waals surface area contributed by atoms with Crippen molar-refractivity contribution in [2.45, 2.75) is 26.3 Å². The molecule has 1 unspecified atom stereocenters. The summed E-state index contributed by atoms with van der Waals surface area (Å²) in [6, 6.07) is 14.1. The molecule has 1 atom stereocenters. The fourth-order valence-corrected chi connectivity index (χ4v) is 2.52. The molecule has 6 heteroatoms. The Labute approximate surface area is 158 Å². The summed E-state index contributed by atoms with van der Waals surface area (Å²) < 4.78 is 10.7. The molecule has 0 radical (unpaired) electrons. The van der Waals surface area contributed by atoms with Crippen molar-refractivity contribution < 1.29 is 19.1 Å². The van der Waals surface area contributed by atoms with Gasteiger partial charge in [-0.15, -0.1) is 0 Å². The van der Waals surface area contributed by atoms with Crippen molar-refractivity contribution >= 4 is 17.9 Å². The summed E-state index contributed by atoms with van der Waals surface area (Å²) in [5.74, 6) is 0.582. The predicted octanol–water partition coefficient (Wildman–Crippen LogP) is 3.10. The van der Waals surface area contributed by atoms with Crippen molar-refractivity contribution in [2.75, 3.05) is 6.79 Å². The van der Waals surface area contributed by atoms with Gasteiger partial charge in [0.15, 0.2) is 11.5 Å². The molecule has 0 bridgehead atoms. The maximum absolute atomic E-state index is 12.7. The SMILES string of the molecule is CCC(C)NC(=O)/C(=C\c1ccc2c(c1)OCO2)NC(=O)c1ccccc1. The molecule has 0 aliphatic carbocycles. The number of amides is 2. The van der Waals surface area contributed by atoms with Crippen LogP contribution in [0.15, 0.2) is 54.2 Å². The Kier molecular flexibility index (Phi) is 5.76. The highest BCUT2D eigenvalue weighted by atomic mass is 16.7. The van der Waals surface area contributed by atoms with Crippen LogP contribution in [0.25, 0.3) is 6.08 Å². The number of carbonyl (C=O) groups excluding carboxylic acids is 2. The van der Waals surface area contributed by atoms with Crippen LogP contribution in [-0.2, 0) is 4.79 Å². The second kappa shape index (κ2) is 8.40. The van der Waals surface area contributed by atoms with Crippen LogP contribution >= 0.6 is 0 Å². The number of hydrogen-bond donors (Lipinski definition) is 2. The fourth-order valence-electron chi connectivity index (χ4n) is 2.52. The monoisotopic (exact) mass is 366 g/mol. The summed E-state index contributed by atoms with van der Waals surface area (Å²) >= 11 is 0. The topological polar surface area (TPSA) is 76.7 Å². The molecule has 0 saturated heterocycles. The number of hydrogen-bond acceptors (Lipinski definition) is 4. The molecule has 27 heavy (non-hydrogen) atoms. The molecule has 0 saturated carbocycles. The summed E-state index contributed by atoms with van der Waals surface area (Å²) in [4.78, 5) is 25.2. The zero-order valence-corrected chi connectivity index (χ0v) is 15.3. The number of ether oxygens (including phenoxy) is 2. The quantitative estimate of drug-likeness (QED) is 0.770. The predicted molar refractivity (Wildman–Crippen MR) is 102 cm³/mol. The lowest BCUT2D eigenvalue weighted by molar-refractivity contribution is -0.118. The second-order valence-corrected chi connectivity index (χ2v) is 6.27. The summed E-state index contributed by atoms with van der Waals surface area (Å²) in [5.41, 5.74) is 1.37. The normalized spacial score (nSPS) is 13.8. The number of nitrogens with one attached hydrogen (secondary N) is 2. The zero-order chi connectivity index (χ0) is 19.2. The van der Waals surface area contributed by atoms with Crippen LogP contribution in [0, 0.1) is 0 Å². The highest BCUT2D eigenvalue weighted by Gasteiger charge is 2.17. The van der Waals surface area contributed by atoms with Crippen LogP contribution < -0.4 is 20.1 Å². The van der Waals surface area contributed by atoms with Crippen LogP contribution in [0.1, 0.15) is 36.2 Å². The molecule has 2 amide bonds. The summed E-state index contributed by atoms with van der Waals surface area (Å²) in [6.45, 7) is 4.07. The van der Waals surface area contributed by atoms with E-state index in [1.807, 2.05) is 19.9 Å². The number of benzene rings is 2. The van der Waals surface area contributed by atoms with E-state index in [1.165, 1.54) is 0 Å². The van der Waals surface area contributed by atoms with Gasteiger partial charge in [-0.3, -0.25) is 9.59 Å². The molecule has 2 aromatic rings. The van der Waals surface area contributed by atoms with E-state index in [9.17, 15) is 9.59 Å². The standard InChI is InChI=1S/C21H22N2O4/c1-3-14(2)22-21(25)17(23-20(24)16-7-5-4-6-8-16)11-15-9-10-18-19(12-15)27-13-26-18/h4-12,14H,3,13H2,1-2H3,(H,22,25)(H,23,24)/b17-11+. The third kappa shape index (κ3) is 4.67. The molecule has 0 aromatic heterocycles. The van der Waals surface area contributed by atoms with Crippen molar-refractivity contribution in [1.82, 2.24) is 10.6 Å². The Balaban J connectivity index is 1.87. The fraction of sp³-hybridized carbons (Fsp3) is 0.238. The van der Waals surface area contributed by atoms with Gasteiger partial charge in [-0.05, 0) is 49.2 Å². The lowest BCUT2D eigenvalue weighted by Crippen LogP contribution is -2.38. The van der Waals surface area contributed by atoms with Crippen molar-refractivity contribution in [1.29, 1.82) is 0 Å². The maximum Gasteiger partial charge on any atom is 0.268 e. The first kappa shape index (κ1) is 18.5. The number of carbonyl (C=O) groups is 2. The van der Waals surface area contributed by atoms with Gasteiger partial charge >= 0.3 is 0 Å². The van der Waals surface area contributed by atoms with Crippen LogP contribution in [0.2, 0.25) is 0 Å². The van der Waals surface area contributed by atoms with Gasteiger partial charge in [-0.1, -0.05) is 31.2 Å². The molecule has 140 valence electrons. The molecular formula is C21H22N2O4. The van der Waals surface area contributed by atoms with Gasteiger partial charge in [0.2, 0.25) is 6.79 Å². The van der Waals surface area contributed by atoms with E-state index in [2.05, 4.69) is 10.6 Å². The molecule has 1 aliphatic rings. The van der Waals surface area contributed by atoms with Crippen LogP contribution in [0.4, 0.5) is 0 Å². The molecule has 2 N–H and O–H groups in total. The van der Waals surface area contributed by atoms with E-state index in [4.69, 9.17) is 9.47 Å². The number of fused-ring (bicyclic) bond motifs is 1. The molecular weight excluding hydrogens is 344 g/mol. The summed E-state index contributed by atoms with van der Waals surface area (Å²) in [5, 5.41) is 5.60. The van der Waals surface area contributed by atoms with Gasteiger partial charge in [-0.2, -0.15) is 0 Å². The maximum atomic E-state index is 12.7. The molecule has 0 spiro atoms. The van der Waals surface area contributed by atoms with Crippen LogP contribution in [-0.4, -0.2) is 24.6 Å². The first-order valence-corrected chi connectivity index (χ1v) is 8.85. The Bertz CT molecular complexity index is 862. The first-order chi connectivity index (χ1) is 13.1. The Morgan fingerprint density at radius 3 is 2.59 bits per heavy atom. The van der Waals surface area contributed by atoms with Crippen LogP contribution in [0.3, 0.4) is 0 Å². The van der Waals surface area contributed by atoms with E-state index in [0.29, 0.717) is 17.1 Å². The molecule has 6 nitrogen and oxygen atoms in total. The number of rotatable bonds is 6. The van der Waals surface area contributed by atoms with Gasteiger partial charge in [-0.25, -0.2) is 0 Å². The third-order valence-electron chi connectivity index (χ3n) is 4.23. The van der Waals surface area contributed by atoms with E-state index in [-0.39, 0.29) is 30.3 Å². The van der Waals surface area contributed by atoms with E-state index < -0.39 is 0 Å². The summed E-state index contributed by atoms with van der Waals surface area (Å²) in [6.07, 6.45) is 2.41. The first-order valence-electron chi connectivity index (χ1n) is 8.85. The van der Waals surface area contributed by atoms with Gasteiger partial charge < -0.3 is 20.1 Å². The second-order valence-electron chi connectivity index (χ2n) is 6.27. The highest BCUT2D eigenvalue weighted by molar-refractivity contribution is 6.05. The molecule has 2 aromatic carbocycles. The van der Waals surface area contributed by atoms with Crippen molar-refractivity contribution in [2.24, 2.45) is 0 Å². The minimum absolute atomic E-state index is 0.00807. The van der Waals surface area contributed by atoms with Crippen molar-refractivity contribution in [3.8, 4) is 11.5 Å². The van der Waals surface area contributed by atoms with Crippen molar-refractivity contribution in [3.05, 3.63) is 65.4 Å². The lowest BCUT2D eigenvalue weighted by Gasteiger charge is -2.15. The minimum atomic E-state index is -0.345. The van der Waals surface area contributed by atoms with E-state index >= 15 is 0 Å². The minimum Gasteiger partial charge on any atom is -0.454 e. The summed E-state index contributed by atoms with van der Waals surface area (Å²) in [7, 11) is 0. The zero-order valence-electron chi connectivity index (χ0n) is 15.3. The molecule has 1 heterocycles. The van der Waals surface area contributed by atoms with Gasteiger partial charge in [0.05, 0.1) is 0 Å². The largest absolute Gasteiger partial charge is 0.454 e. The Hall–Kier alpha value is -3.28. The molecule has 0 fully saturated rings. The van der Waals surface area contributed by atoms with Gasteiger partial charge in [0, 0.05) is 11.6 Å². The molecule has 3 rings (SSSR count). The van der Waals surface area contributed by atoms with Gasteiger partial charge in [0.25, 0.3) is 11.8 Å².